The van der Waals surface area contributed by atoms with Crippen molar-refractivity contribution in [3.63, 3.8) is 0 Å². The van der Waals surface area contributed by atoms with Crippen molar-refractivity contribution in [3.05, 3.63) is 53.0 Å². The standard InChI is InChI=1S/C15H13NS/c1-10-13-8-9-17-15(13)11(2)16-14(10)12-6-4-3-5-7-12/h3-9H,1-2H3. The van der Waals surface area contributed by atoms with E-state index < -0.39 is 0 Å². The molecule has 0 saturated carbocycles. The van der Waals surface area contributed by atoms with Gasteiger partial charge < -0.3 is 0 Å². The molecule has 0 aliphatic heterocycles. The Hall–Kier alpha value is -1.67. The number of aryl methyl sites for hydroxylation is 2. The maximum absolute atomic E-state index is 4.75. The minimum atomic E-state index is 1.11. The fourth-order valence-electron chi connectivity index (χ4n) is 2.19. The molecule has 0 N–H and O–H groups in total. The summed E-state index contributed by atoms with van der Waals surface area (Å²) in [5.41, 5.74) is 4.70. The van der Waals surface area contributed by atoms with E-state index in [1.807, 2.05) is 6.07 Å². The van der Waals surface area contributed by atoms with Crippen molar-refractivity contribution in [1.29, 1.82) is 0 Å². The van der Waals surface area contributed by atoms with Crippen molar-refractivity contribution in [1.82, 2.24) is 4.98 Å². The molecule has 0 unspecified atom stereocenters. The Bertz CT molecular complexity index is 668. The lowest BCUT2D eigenvalue weighted by Crippen LogP contribution is -1.92. The van der Waals surface area contributed by atoms with E-state index in [9.17, 15) is 0 Å². The van der Waals surface area contributed by atoms with Crippen LogP contribution in [0, 0.1) is 13.8 Å². The van der Waals surface area contributed by atoms with E-state index in [-0.39, 0.29) is 0 Å². The fourth-order valence-corrected chi connectivity index (χ4v) is 3.10. The van der Waals surface area contributed by atoms with Crippen LogP contribution in [0.3, 0.4) is 0 Å². The molecular weight excluding hydrogens is 226 g/mol. The number of benzene rings is 1. The van der Waals surface area contributed by atoms with E-state index in [4.69, 9.17) is 4.98 Å². The van der Waals surface area contributed by atoms with Gasteiger partial charge in [0.2, 0.25) is 0 Å². The van der Waals surface area contributed by atoms with Gasteiger partial charge in [-0.05, 0) is 36.2 Å². The van der Waals surface area contributed by atoms with Gasteiger partial charge >= 0.3 is 0 Å². The lowest BCUT2D eigenvalue weighted by molar-refractivity contribution is 1.22. The molecule has 0 atom stereocenters. The summed E-state index contributed by atoms with van der Waals surface area (Å²) in [7, 11) is 0. The molecule has 0 radical (unpaired) electrons. The van der Waals surface area contributed by atoms with Crippen LogP contribution in [0.25, 0.3) is 21.3 Å². The van der Waals surface area contributed by atoms with Gasteiger partial charge in [-0.15, -0.1) is 11.3 Å². The Kier molecular flexibility index (Phi) is 2.45. The third kappa shape index (κ3) is 1.65. The quantitative estimate of drug-likeness (QED) is 0.605. The number of aromatic nitrogens is 1. The normalized spacial score (nSPS) is 10.9. The topological polar surface area (TPSA) is 12.9 Å². The molecule has 0 aliphatic rings. The lowest BCUT2D eigenvalue weighted by atomic mass is 10.0. The summed E-state index contributed by atoms with van der Waals surface area (Å²) in [6.45, 7) is 4.24. The molecule has 0 amide bonds. The van der Waals surface area contributed by atoms with Crippen LogP contribution < -0.4 is 0 Å². The number of fused-ring (bicyclic) bond motifs is 1. The van der Waals surface area contributed by atoms with E-state index >= 15 is 0 Å². The van der Waals surface area contributed by atoms with Crippen LogP contribution in [-0.2, 0) is 0 Å². The summed E-state index contributed by atoms with van der Waals surface area (Å²) in [6, 6.07) is 12.6. The summed E-state index contributed by atoms with van der Waals surface area (Å²) in [5.74, 6) is 0. The monoisotopic (exact) mass is 239 g/mol. The van der Waals surface area contributed by atoms with E-state index in [0.717, 1.165) is 11.4 Å². The van der Waals surface area contributed by atoms with E-state index in [0.29, 0.717) is 0 Å². The van der Waals surface area contributed by atoms with Crippen molar-refractivity contribution in [2.75, 3.05) is 0 Å². The third-order valence-corrected chi connectivity index (χ3v) is 4.10. The van der Waals surface area contributed by atoms with Crippen LogP contribution >= 0.6 is 11.3 Å². The second kappa shape index (κ2) is 3.97. The summed E-state index contributed by atoms with van der Waals surface area (Å²) in [5, 5.41) is 3.47. The highest BCUT2D eigenvalue weighted by Crippen LogP contribution is 2.32. The van der Waals surface area contributed by atoms with Crippen LogP contribution in [0.2, 0.25) is 0 Å². The predicted molar refractivity (Wildman–Crippen MR) is 74.5 cm³/mol. The minimum Gasteiger partial charge on any atom is -0.251 e. The molecule has 0 fully saturated rings. The van der Waals surface area contributed by atoms with Gasteiger partial charge in [-0.3, -0.25) is 4.98 Å². The Morgan fingerprint density at radius 3 is 2.53 bits per heavy atom. The van der Waals surface area contributed by atoms with Crippen LogP contribution in [0.15, 0.2) is 41.8 Å². The predicted octanol–water partition coefficient (Wildman–Crippen LogP) is 4.58. The van der Waals surface area contributed by atoms with Crippen molar-refractivity contribution in [2.24, 2.45) is 0 Å². The fraction of sp³-hybridized carbons (Fsp3) is 0.133. The van der Waals surface area contributed by atoms with Crippen molar-refractivity contribution >= 4 is 21.4 Å². The van der Waals surface area contributed by atoms with Gasteiger partial charge in [0.25, 0.3) is 0 Å². The average molecular weight is 239 g/mol. The number of thiophene rings is 1. The maximum Gasteiger partial charge on any atom is 0.0741 e. The molecule has 1 aromatic carbocycles. The molecule has 0 bridgehead atoms. The summed E-state index contributed by atoms with van der Waals surface area (Å²) in [4.78, 5) is 4.75. The molecular formula is C15H13NS. The van der Waals surface area contributed by atoms with Gasteiger partial charge in [0.15, 0.2) is 0 Å². The molecule has 0 aliphatic carbocycles. The number of rotatable bonds is 1. The largest absolute Gasteiger partial charge is 0.251 e. The molecule has 84 valence electrons. The summed E-state index contributed by atoms with van der Waals surface area (Å²) >= 11 is 1.77. The Morgan fingerprint density at radius 2 is 1.76 bits per heavy atom. The number of hydrogen-bond donors (Lipinski definition) is 0. The van der Waals surface area contributed by atoms with Gasteiger partial charge in [-0.25, -0.2) is 0 Å². The smallest absolute Gasteiger partial charge is 0.0741 e. The van der Waals surface area contributed by atoms with E-state index in [2.05, 4.69) is 49.6 Å². The minimum absolute atomic E-state index is 1.11. The Morgan fingerprint density at radius 1 is 1.00 bits per heavy atom. The second-order valence-electron chi connectivity index (χ2n) is 4.20. The van der Waals surface area contributed by atoms with Gasteiger partial charge in [0.1, 0.15) is 0 Å². The van der Waals surface area contributed by atoms with E-state index in [1.165, 1.54) is 21.2 Å². The molecule has 3 aromatic rings. The highest BCUT2D eigenvalue weighted by molar-refractivity contribution is 7.17. The lowest BCUT2D eigenvalue weighted by Gasteiger charge is -2.08. The number of pyridine rings is 1. The molecule has 0 spiro atoms. The highest BCUT2D eigenvalue weighted by Gasteiger charge is 2.10. The van der Waals surface area contributed by atoms with Gasteiger partial charge in [0, 0.05) is 5.56 Å². The first-order chi connectivity index (χ1) is 8.27. The van der Waals surface area contributed by atoms with Crippen LogP contribution in [0.1, 0.15) is 11.3 Å². The second-order valence-corrected chi connectivity index (χ2v) is 5.12. The van der Waals surface area contributed by atoms with Crippen molar-refractivity contribution in [2.45, 2.75) is 13.8 Å². The van der Waals surface area contributed by atoms with Gasteiger partial charge in [0.05, 0.1) is 16.1 Å². The SMILES string of the molecule is Cc1c(-c2ccccc2)nc(C)c2sccc12. The highest BCUT2D eigenvalue weighted by atomic mass is 32.1. The zero-order valence-electron chi connectivity index (χ0n) is 9.90. The van der Waals surface area contributed by atoms with Crippen molar-refractivity contribution < 1.29 is 0 Å². The van der Waals surface area contributed by atoms with Crippen LogP contribution in [-0.4, -0.2) is 4.98 Å². The van der Waals surface area contributed by atoms with Crippen LogP contribution in [0.5, 0.6) is 0 Å². The van der Waals surface area contributed by atoms with E-state index in [1.54, 1.807) is 11.3 Å². The molecule has 2 aromatic heterocycles. The van der Waals surface area contributed by atoms with Gasteiger partial charge in [-0.1, -0.05) is 30.3 Å². The molecule has 17 heavy (non-hydrogen) atoms. The zero-order chi connectivity index (χ0) is 11.8. The first-order valence-corrected chi connectivity index (χ1v) is 6.55. The van der Waals surface area contributed by atoms with Crippen LogP contribution in [0.4, 0.5) is 0 Å². The molecule has 2 heterocycles. The number of hydrogen-bond acceptors (Lipinski definition) is 2. The number of nitrogens with zero attached hydrogens (tertiary/aromatic N) is 1. The average Bonchev–Trinajstić information content (AvgIpc) is 2.85. The first kappa shape index (κ1) is 10.5. The maximum atomic E-state index is 4.75. The first-order valence-electron chi connectivity index (χ1n) is 5.67. The molecule has 1 nitrogen and oxygen atoms in total. The third-order valence-electron chi connectivity index (χ3n) is 3.08. The molecule has 0 saturated heterocycles. The van der Waals surface area contributed by atoms with Crippen molar-refractivity contribution in [3.8, 4) is 11.3 Å². The Labute approximate surface area is 105 Å². The summed E-state index contributed by atoms with van der Waals surface area (Å²) < 4.78 is 1.31. The summed E-state index contributed by atoms with van der Waals surface area (Å²) in [6.07, 6.45) is 0. The van der Waals surface area contributed by atoms with Gasteiger partial charge in [-0.2, -0.15) is 0 Å². The molecule has 3 rings (SSSR count). The zero-order valence-corrected chi connectivity index (χ0v) is 10.7. The Balaban J connectivity index is 2.34. The molecule has 2 heteroatoms.